The lowest BCUT2D eigenvalue weighted by molar-refractivity contribution is -0.461. The van der Waals surface area contributed by atoms with E-state index in [9.17, 15) is 84.5 Å². The second-order valence-electron chi connectivity index (χ2n) is 13.4. The van der Waals surface area contributed by atoms with Crippen LogP contribution >= 0.6 is 0 Å². The number of aliphatic hydroxyl groups is 1. The Morgan fingerprint density at radius 2 is 1.19 bits per heavy atom. The van der Waals surface area contributed by atoms with Gasteiger partial charge in [-0.3, -0.25) is 10.0 Å². The van der Waals surface area contributed by atoms with Crippen LogP contribution in [-0.4, -0.2) is 98.6 Å². The first-order valence-corrected chi connectivity index (χ1v) is 18.9. The van der Waals surface area contributed by atoms with Crippen LogP contribution in [0.3, 0.4) is 0 Å². The molecule has 1 aromatic carbocycles. The summed E-state index contributed by atoms with van der Waals surface area (Å²) in [4.78, 5) is 11.0. The predicted octanol–water partition coefficient (Wildman–Crippen LogP) is 10.3. The Bertz CT molecular complexity index is 1530. The van der Waals surface area contributed by atoms with E-state index in [0.29, 0.717) is 5.56 Å². The summed E-state index contributed by atoms with van der Waals surface area (Å²) in [6.45, 7) is 4.35. The van der Waals surface area contributed by atoms with Gasteiger partial charge in [-0.1, -0.05) is 58.1 Å². The van der Waals surface area contributed by atoms with E-state index in [-0.39, 0.29) is 12.2 Å². The molecular formula is C33H40F17NO6Si. The Balaban J connectivity index is 3.18. The van der Waals surface area contributed by atoms with Crippen LogP contribution in [0.1, 0.15) is 52.2 Å². The molecule has 1 amide bonds. The fraction of sp³-hybridized carbons (Fsp3) is 0.667. The summed E-state index contributed by atoms with van der Waals surface area (Å²) in [7, 11) is -2.65. The van der Waals surface area contributed by atoms with Gasteiger partial charge in [0.15, 0.2) is 8.32 Å². The summed E-state index contributed by atoms with van der Waals surface area (Å²) in [5.41, 5.74) is -0.0141. The van der Waals surface area contributed by atoms with Gasteiger partial charge < -0.3 is 19.0 Å². The minimum absolute atomic E-state index is 0.131. The molecule has 58 heavy (non-hydrogen) atoms. The summed E-state index contributed by atoms with van der Waals surface area (Å²) in [5, 5.41) is 19.1. The molecule has 0 saturated heterocycles. The molecule has 0 aliphatic rings. The van der Waals surface area contributed by atoms with Gasteiger partial charge in [-0.25, -0.2) is 5.48 Å². The number of amides is 1. The van der Waals surface area contributed by atoms with Crippen LogP contribution < -0.4 is 10.2 Å². The molecule has 0 aliphatic heterocycles. The van der Waals surface area contributed by atoms with Crippen LogP contribution in [0, 0.1) is 0 Å². The van der Waals surface area contributed by atoms with Crippen molar-refractivity contribution in [2.45, 2.75) is 118 Å². The minimum Gasteiger partial charge on any atom is -0.491 e. The number of nitrogens with one attached hydrogen (secondary N) is 1. The fourth-order valence-electron chi connectivity index (χ4n) is 5.55. The summed E-state index contributed by atoms with van der Waals surface area (Å²) in [6.07, 6.45) is -6.86. The molecule has 0 spiro atoms. The second kappa shape index (κ2) is 19.0. The zero-order chi connectivity index (χ0) is 45.6. The number of hydrogen-bond acceptors (Lipinski definition) is 6. The molecule has 0 saturated carbocycles. The number of aliphatic hydroxyl groups excluding tert-OH is 1. The van der Waals surface area contributed by atoms with Crippen molar-refractivity contribution in [3.05, 3.63) is 54.1 Å². The maximum absolute atomic E-state index is 14.9. The van der Waals surface area contributed by atoms with E-state index in [1.807, 2.05) is 0 Å². The van der Waals surface area contributed by atoms with Crippen molar-refractivity contribution in [1.82, 2.24) is 5.48 Å². The number of methoxy groups -OCH3 is 1. The molecule has 25 heteroatoms. The molecule has 0 heterocycles. The number of carbonyl (C=O) groups is 1. The molecule has 1 aromatic rings. The standard InChI is InChI=1S/C33H40F17NO6Si/c1-19(2)58(20(3)4,57-17-16-56-22-13-11-21(12-14-22)25(53)23(55-5)9-7-6-8-10-24(52)51-54)18-15-26(34,35)27(36,37)28(38,39)29(40,41)30(42,43)31(44,45)32(46,47)33(48,49)50/h6-8,10-14,19-20,23,25,53-54H,9,15-18H2,1-5H3,(H,51,52)/b7-6+,10-8+/t23-,25-/m1/s1. The number of carbonyl (C=O) groups excluding carboxylic acids is 1. The van der Waals surface area contributed by atoms with Crippen molar-refractivity contribution in [3.63, 3.8) is 0 Å². The highest BCUT2D eigenvalue weighted by Gasteiger charge is 2.95. The summed E-state index contributed by atoms with van der Waals surface area (Å²) in [5.74, 6) is -57.4. The van der Waals surface area contributed by atoms with Crippen LogP contribution in [0.5, 0.6) is 5.75 Å². The van der Waals surface area contributed by atoms with E-state index in [1.165, 1.54) is 76.7 Å². The van der Waals surface area contributed by atoms with Gasteiger partial charge in [0.25, 0.3) is 5.91 Å². The maximum Gasteiger partial charge on any atom is 0.460 e. The third kappa shape index (κ3) is 10.4. The monoisotopic (exact) mass is 897 g/mol. The number of hydrogen-bond donors (Lipinski definition) is 3. The number of halogens is 17. The summed E-state index contributed by atoms with van der Waals surface area (Å²) >= 11 is 0. The van der Waals surface area contributed by atoms with E-state index < -0.39 is 111 Å². The molecule has 7 nitrogen and oxygen atoms in total. The average Bonchev–Trinajstić information content (AvgIpc) is 3.11. The molecule has 1 rings (SSSR count). The van der Waals surface area contributed by atoms with Gasteiger partial charge >= 0.3 is 47.6 Å². The lowest BCUT2D eigenvalue weighted by Gasteiger charge is -2.44. The van der Waals surface area contributed by atoms with Crippen LogP contribution in [0.2, 0.25) is 17.1 Å². The summed E-state index contributed by atoms with van der Waals surface area (Å²) in [6, 6.07) is 4.26. The number of allylic oxidation sites excluding steroid dienone is 2. The van der Waals surface area contributed by atoms with E-state index >= 15 is 0 Å². The number of hydroxylamine groups is 1. The van der Waals surface area contributed by atoms with Gasteiger partial charge in [0, 0.05) is 19.6 Å². The molecule has 3 N–H and O–H groups in total. The first-order valence-electron chi connectivity index (χ1n) is 16.7. The fourth-order valence-corrected chi connectivity index (χ4v) is 10.0. The first-order chi connectivity index (χ1) is 26.1. The molecule has 0 radical (unpaired) electrons. The predicted molar refractivity (Wildman–Crippen MR) is 173 cm³/mol. The average molecular weight is 898 g/mol. The Hall–Kier alpha value is -3.16. The zero-order valence-corrected chi connectivity index (χ0v) is 31.9. The zero-order valence-electron chi connectivity index (χ0n) is 30.9. The molecule has 336 valence electrons. The highest BCUT2D eigenvalue weighted by molar-refractivity contribution is 6.76. The Morgan fingerprint density at radius 1 is 0.724 bits per heavy atom. The molecule has 0 fully saturated rings. The molecule has 2 atom stereocenters. The van der Waals surface area contributed by atoms with Gasteiger partial charge in [0.2, 0.25) is 0 Å². The number of ether oxygens (including phenoxy) is 2. The van der Waals surface area contributed by atoms with Crippen LogP contribution in [0.25, 0.3) is 0 Å². The highest BCUT2D eigenvalue weighted by atomic mass is 28.4. The second-order valence-corrected chi connectivity index (χ2v) is 18.4. The molecular weight excluding hydrogens is 857 g/mol. The maximum atomic E-state index is 14.9. The molecule has 0 unspecified atom stereocenters. The first kappa shape index (κ1) is 52.9. The lowest BCUT2D eigenvalue weighted by atomic mass is 9.88. The SMILES string of the molecule is CO[C@H](C/C=C/C=C/C(=O)NO)[C@H](O)c1ccc(OCCO[Si](CCC(F)(F)C(F)(F)C(F)(F)C(F)(F)C(F)(F)C(F)(F)C(F)(F)C(F)(F)F)(C(C)C)C(C)C)cc1. The summed E-state index contributed by atoms with van der Waals surface area (Å²) < 4.78 is 251. The smallest absolute Gasteiger partial charge is 0.460 e. The quantitative estimate of drug-likeness (QED) is 0.0193. The van der Waals surface area contributed by atoms with E-state index in [0.717, 1.165) is 6.08 Å². The van der Waals surface area contributed by atoms with Gasteiger partial charge in [-0.2, -0.15) is 74.6 Å². The van der Waals surface area contributed by atoms with Crippen LogP contribution in [0.4, 0.5) is 74.6 Å². The van der Waals surface area contributed by atoms with Gasteiger partial charge in [-0.15, -0.1) is 0 Å². The number of alkyl halides is 17. The van der Waals surface area contributed by atoms with E-state index in [4.69, 9.17) is 19.1 Å². The van der Waals surface area contributed by atoms with Crippen molar-refractivity contribution >= 4 is 14.2 Å². The van der Waals surface area contributed by atoms with Gasteiger partial charge in [0.1, 0.15) is 18.5 Å². The van der Waals surface area contributed by atoms with Crippen molar-refractivity contribution in [2.75, 3.05) is 20.3 Å². The van der Waals surface area contributed by atoms with Crippen molar-refractivity contribution in [3.8, 4) is 5.75 Å². The Kier molecular flexibility index (Phi) is 17.4. The minimum atomic E-state index is -8.69. The topological polar surface area (TPSA) is 97.3 Å². The van der Waals surface area contributed by atoms with E-state index in [1.54, 1.807) is 6.08 Å². The molecule has 0 aliphatic carbocycles. The van der Waals surface area contributed by atoms with Crippen LogP contribution in [-0.2, 0) is 14.0 Å². The molecule has 0 aromatic heterocycles. The lowest BCUT2D eigenvalue weighted by Crippen LogP contribution is -2.74. The highest BCUT2D eigenvalue weighted by Crippen LogP contribution is 2.64. The number of rotatable bonds is 23. The molecule has 0 bridgehead atoms. The van der Waals surface area contributed by atoms with Gasteiger partial charge in [-0.05, 0) is 41.2 Å². The van der Waals surface area contributed by atoms with E-state index in [2.05, 4.69) is 0 Å². The van der Waals surface area contributed by atoms with Gasteiger partial charge in [0.05, 0.1) is 12.7 Å². The largest absolute Gasteiger partial charge is 0.491 e. The van der Waals surface area contributed by atoms with Crippen molar-refractivity contribution in [2.24, 2.45) is 0 Å². The third-order valence-electron chi connectivity index (χ3n) is 9.14. The van der Waals surface area contributed by atoms with Crippen molar-refractivity contribution in [1.29, 1.82) is 0 Å². The normalized spacial score (nSPS) is 15.8. The number of benzene rings is 1. The van der Waals surface area contributed by atoms with Crippen LogP contribution in [0.15, 0.2) is 48.6 Å². The third-order valence-corrected chi connectivity index (χ3v) is 14.8. The Labute approximate surface area is 321 Å². The Morgan fingerprint density at radius 3 is 1.62 bits per heavy atom. The van der Waals surface area contributed by atoms with Crippen molar-refractivity contribution < 1.29 is 104 Å².